The molecule has 8 heteroatoms. The van der Waals surface area contributed by atoms with Gasteiger partial charge in [-0.3, -0.25) is 19.3 Å². The summed E-state index contributed by atoms with van der Waals surface area (Å²) in [6, 6.07) is 12.7. The Bertz CT molecular complexity index is 1040. The summed E-state index contributed by atoms with van der Waals surface area (Å²) >= 11 is 4.28. The van der Waals surface area contributed by atoms with Crippen LogP contribution in [0, 0.1) is 6.92 Å². The van der Waals surface area contributed by atoms with Gasteiger partial charge in [0.2, 0.25) is 5.91 Å². The maximum atomic E-state index is 12.7. The van der Waals surface area contributed by atoms with Crippen LogP contribution in [-0.4, -0.2) is 34.6 Å². The van der Waals surface area contributed by atoms with Crippen LogP contribution in [-0.2, 0) is 9.59 Å². The lowest BCUT2D eigenvalue weighted by molar-refractivity contribution is -0.127. The van der Waals surface area contributed by atoms with Crippen molar-refractivity contribution in [2.24, 2.45) is 0 Å². The number of rotatable bonds is 6. The SMILES string of the molecule is Cc1cccc(NC(=O)CN2C(=O)SC(=Cc3ccc(OC(C)C)c(Br)c3)C2=O)c1. The molecule has 0 unspecified atom stereocenters. The molecule has 0 atom stereocenters. The zero-order valence-electron chi connectivity index (χ0n) is 16.8. The Kier molecular flexibility index (Phi) is 6.99. The van der Waals surface area contributed by atoms with E-state index in [-0.39, 0.29) is 17.6 Å². The van der Waals surface area contributed by atoms with Crippen LogP contribution >= 0.6 is 27.7 Å². The highest BCUT2D eigenvalue weighted by Crippen LogP contribution is 2.34. The van der Waals surface area contributed by atoms with Crippen LogP contribution < -0.4 is 10.1 Å². The summed E-state index contributed by atoms with van der Waals surface area (Å²) < 4.78 is 6.43. The van der Waals surface area contributed by atoms with Crippen molar-refractivity contribution in [2.45, 2.75) is 26.9 Å². The highest BCUT2D eigenvalue weighted by Gasteiger charge is 2.36. The summed E-state index contributed by atoms with van der Waals surface area (Å²) in [6.07, 6.45) is 1.67. The van der Waals surface area contributed by atoms with Gasteiger partial charge in [-0.25, -0.2) is 0 Å². The molecule has 1 heterocycles. The van der Waals surface area contributed by atoms with E-state index in [9.17, 15) is 14.4 Å². The molecule has 0 radical (unpaired) electrons. The third kappa shape index (κ3) is 5.52. The number of imide groups is 1. The molecular formula is C22H21BrN2O4S. The van der Waals surface area contributed by atoms with Gasteiger partial charge < -0.3 is 10.1 Å². The fraction of sp³-hybridized carbons (Fsp3) is 0.227. The minimum absolute atomic E-state index is 0.0367. The number of halogens is 1. The Morgan fingerprint density at radius 1 is 1.23 bits per heavy atom. The first-order chi connectivity index (χ1) is 14.2. The topological polar surface area (TPSA) is 75.7 Å². The van der Waals surface area contributed by atoms with E-state index in [0.717, 1.165) is 32.3 Å². The van der Waals surface area contributed by atoms with E-state index in [0.29, 0.717) is 11.4 Å². The Hall–Kier alpha value is -2.58. The van der Waals surface area contributed by atoms with Gasteiger partial charge >= 0.3 is 0 Å². The normalized spacial score (nSPS) is 15.2. The van der Waals surface area contributed by atoms with Crippen molar-refractivity contribution in [3.8, 4) is 5.75 Å². The second-order valence-corrected chi connectivity index (χ2v) is 8.89. The molecule has 1 saturated heterocycles. The van der Waals surface area contributed by atoms with Crippen LogP contribution in [0.5, 0.6) is 5.75 Å². The summed E-state index contributed by atoms with van der Waals surface area (Å²) in [7, 11) is 0. The summed E-state index contributed by atoms with van der Waals surface area (Å²) in [5, 5.41) is 2.24. The number of hydrogen-bond acceptors (Lipinski definition) is 5. The zero-order valence-corrected chi connectivity index (χ0v) is 19.2. The number of nitrogens with zero attached hydrogens (tertiary/aromatic N) is 1. The lowest BCUT2D eigenvalue weighted by Gasteiger charge is -2.13. The highest BCUT2D eigenvalue weighted by molar-refractivity contribution is 9.10. The quantitative estimate of drug-likeness (QED) is 0.564. The van der Waals surface area contributed by atoms with Crippen molar-refractivity contribution in [3.05, 3.63) is 63.0 Å². The van der Waals surface area contributed by atoms with Gasteiger partial charge in [0, 0.05) is 5.69 Å². The van der Waals surface area contributed by atoms with Crippen molar-refractivity contribution >= 4 is 56.5 Å². The number of carbonyl (C=O) groups is 3. The van der Waals surface area contributed by atoms with Gasteiger partial charge in [0.05, 0.1) is 15.5 Å². The number of anilines is 1. The largest absolute Gasteiger partial charge is 0.490 e. The number of benzene rings is 2. The second kappa shape index (κ2) is 9.49. The predicted octanol–water partition coefficient (Wildman–Crippen LogP) is 5.22. The van der Waals surface area contributed by atoms with Crippen molar-refractivity contribution < 1.29 is 19.1 Å². The van der Waals surface area contributed by atoms with E-state index in [1.165, 1.54) is 0 Å². The monoisotopic (exact) mass is 488 g/mol. The minimum Gasteiger partial charge on any atom is -0.490 e. The number of nitrogens with one attached hydrogen (secondary N) is 1. The van der Waals surface area contributed by atoms with Gasteiger partial charge in [-0.1, -0.05) is 18.2 Å². The smallest absolute Gasteiger partial charge is 0.294 e. The Morgan fingerprint density at radius 2 is 2.00 bits per heavy atom. The number of thioether (sulfide) groups is 1. The van der Waals surface area contributed by atoms with Crippen molar-refractivity contribution in [1.82, 2.24) is 4.90 Å². The molecule has 2 aromatic carbocycles. The van der Waals surface area contributed by atoms with Gasteiger partial charge in [0.15, 0.2) is 0 Å². The Morgan fingerprint density at radius 3 is 2.67 bits per heavy atom. The highest BCUT2D eigenvalue weighted by atomic mass is 79.9. The molecule has 3 rings (SSSR count). The van der Waals surface area contributed by atoms with Gasteiger partial charge in [-0.05, 0) is 89.9 Å². The molecule has 2 aromatic rings. The summed E-state index contributed by atoms with van der Waals surface area (Å²) in [6.45, 7) is 5.45. The van der Waals surface area contributed by atoms with Gasteiger partial charge in [-0.2, -0.15) is 0 Å². The van der Waals surface area contributed by atoms with Crippen molar-refractivity contribution in [3.63, 3.8) is 0 Å². The number of ether oxygens (including phenoxy) is 1. The van der Waals surface area contributed by atoms with Crippen LogP contribution in [0.1, 0.15) is 25.0 Å². The van der Waals surface area contributed by atoms with Gasteiger partial charge in [0.1, 0.15) is 12.3 Å². The molecule has 1 N–H and O–H groups in total. The molecule has 30 heavy (non-hydrogen) atoms. The van der Waals surface area contributed by atoms with E-state index >= 15 is 0 Å². The number of aryl methyl sites for hydroxylation is 1. The average molecular weight is 489 g/mol. The minimum atomic E-state index is -0.483. The average Bonchev–Trinajstić information content (AvgIpc) is 2.91. The summed E-state index contributed by atoms with van der Waals surface area (Å²) in [5.41, 5.74) is 2.36. The summed E-state index contributed by atoms with van der Waals surface area (Å²) in [5.74, 6) is -0.215. The Balaban J connectivity index is 1.69. The lowest BCUT2D eigenvalue weighted by atomic mass is 10.2. The number of carbonyl (C=O) groups excluding carboxylic acids is 3. The number of hydrogen-bond donors (Lipinski definition) is 1. The van der Waals surface area contributed by atoms with E-state index in [1.807, 2.05) is 45.0 Å². The standard InChI is InChI=1S/C22H21BrN2O4S/c1-13(2)29-18-8-7-15(10-17(18)23)11-19-21(27)25(22(28)30-19)12-20(26)24-16-6-4-5-14(3)9-16/h4-11,13H,12H2,1-3H3,(H,24,26). The van der Waals surface area contributed by atoms with E-state index < -0.39 is 17.1 Å². The summed E-state index contributed by atoms with van der Waals surface area (Å²) in [4.78, 5) is 38.5. The van der Waals surface area contributed by atoms with Crippen LogP contribution in [0.25, 0.3) is 6.08 Å². The third-order valence-electron chi connectivity index (χ3n) is 4.09. The fourth-order valence-corrected chi connectivity index (χ4v) is 4.14. The van der Waals surface area contributed by atoms with Crippen LogP contribution in [0.4, 0.5) is 10.5 Å². The first kappa shape index (κ1) is 22.1. The molecule has 0 aromatic heterocycles. The molecule has 3 amide bonds. The molecule has 1 fully saturated rings. The van der Waals surface area contributed by atoms with Crippen LogP contribution in [0.2, 0.25) is 0 Å². The molecule has 0 bridgehead atoms. The molecule has 0 saturated carbocycles. The van der Waals surface area contributed by atoms with Crippen molar-refractivity contribution in [2.75, 3.05) is 11.9 Å². The lowest BCUT2D eigenvalue weighted by Crippen LogP contribution is -2.36. The van der Waals surface area contributed by atoms with Gasteiger partial charge in [-0.15, -0.1) is 0 Å². The maximum Gasteiger partial charge on any atom is 0.294 e. The fourth-order valence-electron chi connectivity index (χ4n) is 2.81. The molecule has 156 valence electrons. The van der Waals surface area contributed by atoms with E-state index in [2.05, 4.69) is 21.2 Å². The molecule has 0 spiro atoms. The first-order valence-corrected chi connectivity index (χ1v) is 10.9. The molecule has 6 nitrogen and oxygen atoms in total. The van der Waals surface area contributed by atoms with E-state index in [4.69, 9.17) is 4.74 Å². The van der Waals surface area contributed by atoms with Crippen LogP contribution in [0.3, 0.4) is 0 Å². The Labute approximate surface area is 187 Å². The van der Waals surface area contributed by atoms with Crippen LogP contribution in [0.15, 0.2) is 51.8 Å². The number of amides is 3. The van der Waals surface area contributed by atoms with Gasteiger partial charge in [0.25, 0.3) is 11.1 Å². The molecule has 1 aliphatic heterocycles. The van der Waals surface area contributed by atoms with E-state index in [1.54, 1.807) is 24.3 Å². The van der Waals surface area contributed by atoms with Crippen molar-refractivity contribution in [1.29, 1.82) is 0 Å². The third-order valence-corrected chi connectivity index (χ3v) is 5.62. The second-order valence-electron chi connectivity index (χ2n) is 7.04. The molecular weight excluding hydrogens is 468 g/mol. The zero-order chi connectivity index (χ0) is 21.8. The maximum absolute atomic E-state index is 12.7. The predicted molar refractivity (Wildman–Crippen MR) is 122 cm³/mol. The molecule has 1 aliphatic rings. The first-order valence-electron chi connectivity index (χ1n) is 9.31. The molecule has 0 aliphatic carbocycles.